The molecule has 0 aromatic rings. The molecule has 0 bridgehead atoms. The van der Waals surface area contributed by atoms with Gasteiger partial charge >= 0.3 is 0 Å². The molecule has 1 saturated heterocycles. The van der Waals surface area contributed by atoms with Crippen molar-refractivity contribution in [2.24, 2.45) is 11.7 Å². The van der Waals surface area contributed by atoms with Crippen molar-refractivity contribution < 1.29 is 0 Å². The molecule has 0 aromatic carbocycles. The van der Waals surface area contributed by atoms with Crippen molar-refractivity contribution in [2.45, 2.75) is 25.8 Å². The molecule has 2 atom stereocenters. The van der Waals surface area contributed by atoms with E-state index in [1.165, 1.54) is 25.9 Å². The Morgan fingerprint density at radius 2 is 2.33 bits per heavy atom. The van der Waals surface area contributed by atoms with E-state index in [9.17, 15) is 0 Å². The molecular formula is C11H23N3S. The van der Waals surface area contributed by atoms with Crippen molar-refractivity contribution in [2.75, 3.05) is 33.7 Å². The smallest absolute Gasteiger partial charge is 0.0768 e. The number of nitrogens with two attached hydrogens (primary N) is 1. The number of rotatable bonds is 4. The maximum atomic E-state index is 5.64. The fourth-order valence-corrected chi connectivity index (χ4v) is 2.24. The van der Waals surface area contributed by atoms with Gasteiger partial charge in [0.05, 0.1) is 4.99 Å². The van der Waals surface area contributed by atoms with Crippen molar-refractivity contribution in [3.8, 4) is 0 Å². The van der Waals surface area contributed by atoms with Crippen molar-refractivity contribution >= 4 is 17.2 Å². The maximum Gasteiger partial charge on any atom is 0.0768 e. The Balaban J connectivity index is 2.38. The van der Waals surface area contributed by atoms with Crippen LogP contribution in [0.25, 0.3) is 0 Å². The van der Waals surface area contributed by atoms with E-state index >= 15 is 0 Å². The van der Waals surface area contributed by atoms with Gasteiger partial charge in [-0.05, 0) is 33.5 Å². The number of thiocarbonyl (C=S) groups is 1. The van der Waals surface area contributed by atoms with E-state index in [0.29, 0.717) is 16.9 Å². The molecule has 4 heteroatoms. The molecular weight excluding hydrogens is 206 g/mol. The van der Waals surface area contributed by atoms with E-state index in [0.717, 1.165) is 6.54 Å². The minimum atomic E-state index is 0.317. The third-order valence-corrected chi connectivity index (χ3v) is 3.67. The summed E-state index contributed by atoms with van der Waals surface area (Å²) in [5.41, 5.74) is 5.64. The van der Waals surface area contributed by atoms with Crippen LogP contribution < -0.4 is 5.73 Å². The quantitative estimate of drug-likeness (QED) is 0.727. The summed E-state index contributed by atoms with van der Waals surface area (Å²) in [5.74, 6) is 0.317. The Hall–Kier alpha value is -0.190. The number of piperidine rings is 1. The van der Waals surface area contributed by atoms with Gasteiger partial charge in [0.2, 0.25) is 0 Å². The van der Waals surface area contributed by atoms with E-state index in [4.69, 9.17) is 18.0 Å². The Labute approximate surface area is 98.6 Å². The lowest BCUT2D eigenvalue weighted by Gasteiger charge is -2.36. The first-order valence-corrected chi connectivity index (χ1v) is 6.09. The first kappa shape index (κ1) is 12.9. The van der Waals surface area contributed by atoms with Gasteiger partial charge in [0.15, 0.2) is 0 Å². The van der Waals surface area contributed by atoms with Gasteiger partial charge in [0.25, 0.3) is 0 Å². The molecule has 0 radical (unpaired) electrons. The second-order valence-corrected chi connectivity index (χ2v) is 5.27. The van der Waals surface area contributed by atoms with Gasteiger partial charge in [-0.25, -0.2) is 0 Å². The molecule has 0 spiro atoms. The molecule has 0 aliphatic carbocycles. The number of nitrogens with zero attached hydrogens (tertiary/aromatic N) is 2. The zero-order chi connectivity index (χ0) is 11.4. The molecule has 2 unspecified atom stereocenters. The van der Waals surface area contributed by atoms with Gasteiger partial charge in [-0.2, -0.15) is 0 Å². The summed E-state index contributed by atoms with van der Waals surface area (Å²) in [7, 11) is 4.37. The number of hydrogen-bond donors (Lipinski definition) is 1. The molecule has 1 aliphatic rings. The van der Waals surface area contributed by atoms with Crippen LogP contribution in [0.2, 0.25) is 0 Å². The zero-order valence-electron chi connectivity index (χ0n) is 10.1. The predicted octanol–water partition coefficient (Wildman–Crippen LogP) is 0.935. The lowest BCUT2D eigenvalue weighted by atomic mass is 10.0. The van der Waals surface area contributed by atoms with Gasteiger partial charge in [-0.3, -0.25) is 0 Å². The minimum Gasteiger partial charge on any atom is -0.393 e. The van der Waals surface area contributed by atoms with Crippen LogP contribution in [0.1, 0.15) is 19.8 Å². The van der Waals surface area contributed by atoms with Crippen molar-refractivity contribution in [1.82, 2.24) is 9.80 Å². The monoisotopic (exact) mass is 229 g/mol. The first-order chi connectivity index (χ1) is 7.00. The Kier molecular flexibility index (Phi) is 4.96. The second-order valence-electron chi connectivity index (χ2n) is 4.80. The zero-order valence-corrected chi connectivity index (χ0v) is 10.9. The fraction of sp³-hybridized carbons (Fsp3) is 0.909. The third-order valence-electron chi connectivity index (χ3n) is 3.27. The van der Waals surface area contributed by atoms with E-state index in [1.54, 1.807) is 0 Å². The minimum absolute atomic E-state index is 0.317. The normalized spacial score (nSPS) is 25.5. The molecule has 1 rings (SSSR count). The van der Waals surface area contributed by atoms with Crippen LogP contribution in [0.15, 0.2) is 0 Å². The highest BCUT2D eigenvalue weighted by atomic mass is 32.1. The van der Waals surface area contributed by atoms with E-state index in [1.807, 2.05) is 0 Å². The molecule has 0 saturated carbocycles. The lowest BCUT2D eigenvalue weighted by molar-refractivity contribution is 0.129. The predicted molar refractivity (Wildman–Crippen MR) is 69.1 cm³/mol. The van der Waals surface area contributed by atoms with Crippen LogP contribution in [0.4, 0.5) is 0 Å². The van der Waals surface area contributed by atoms with Crippen LogP contribution in [-0.4, -0.2) is 54.6 Å². The highest BCUT2D eigenvalue weighted by molar-refractivity contribution is 7.80. The molecule has 2 N–H and O–H groups in total. The van der Waals surface area contributed by atoms with Crippen LogP contribution in [-0.2, 0) is 0 Å². The highest BCUT2D eigenvalue weighted by Gasteiger charge is 2.22. The van der Waals surface area contributed by atoms with Gasteiger partial charge in [0, 0.05) is 25.0 Å². The largest absolute Gasteiger partial charge is 0.393 e. The molecule has 0 aromatic heterocycles. The Morgan fingerprint density at radius 1 is 1.67 bits per heavy atom. The molecule has 3 nitrogen and oxygen atoms in total. The number of likely N-dealkylation sites (N-methyl/N-ethyl adjacent to an activating group) is 2. The lowest BCUT2D eigenvalue weighted by Crippen LogP contribution is -2.47. The number of likely N-dealkylation sites (tertiary alicyclic amines) is 1. The van der Waals surface area contributed by atoms with Crippen molar-refractivity contribution in [1.29, 1.82) is 0 Å². The summed E-state index contributed by atoms with van der Waals surface area (Å²) in [5, 5.41) is 0. The SMILES string of the molecule is CC(CN(C)C1CCCN(C)C1)C(N)=S. The fourth-order valence-electron chi connectivity index (χ4n) is 2.17. The summed E-state index contributed by atoms with van der Waals surface area (Å²) in [4.78, 5) is 5.43. The van der Waals surface area contributed by atoms with Crippen LogP contribution in [0.3, 0.4) is 0 Å². The van der Waals surface area contributed by atoms with E-state index in [-0.39, 0.29) is 0 Å². The summed E-state index contributed by atoms with van der Waals surface area (Å²) < 4.78 is 0. The highest BCUT2D eigenvalue weighted by Crippen LogP contribution is 2.14. The summed E-state index contributed by atoms with van der Waals surface area (Å²) in [6.45, 7) is 5.48. The number of hydrogen-bond acceptors (Lipinski definition) is 3. The summed E-state index contributed by atoms with van der Waals surface area (Å²) in [6, 6.07) is 0.667. The van der Waals surface area contributed by atoms with E-state index in [2.05, 4.69) is 30.8 Å². The van der Waals surface area contributed by atoms with Gasteiger partial charge in [0.1, 0.15) is 0 Å². The standard InChI is InChI=1S/C11H23N3S/c1-9(11(12)15)7-14(3)10-5-4-6-13(2)8-10/h9-10H,4-8H2,1-3H3,(H2,12,15). The average Bonchev–Trinajstić information content (AvgIpc) is 2.17. The average molecular weight is 229 g/mol. The van der Waals surface area contributed by atoms with Gasteiger partial charge < -0.3 is 15.5 Å². The van der Waals surface area contributed by atoms with E-state index < -0.39 is 0 Å². The van der Waals surface area contributed by atoms with Crippen LogP contribution in [0.5, 0.6) is 0 Å². The van der Waals surface area contributed by atoms with Crippen molar-refractivity contribution in [3.63, 3.8) is 0 Å². The second kappa shape index (κ2) is 5.77. The molecule has 1 heterocycles. The Bertz CT molecular complexity index is 220. The topological polar surface area (TPSA) is 32.5 Å². The maximum absolute atomic E-state index is 5.64. The van der Waals surface area contributed by atoms with Crippen molar-refractivity contribution in [3.05, 3.63) is 0 Å². The van der Waals surface area contributed by atoms with Crippen LogP contribution >= 0.6 is 12.2 Å². The summed E-state index contributed by atoms with van der Waals surface area (Å²) in [6.07, 6.45) is 2.60. The van der Waals surface area contributed by atoms with Crippen LogP contribution in [0, 0.1) is 5.92 Å². The molecule has 1 fully saturated rings. The molecule has 15 heavy (non-hydrogen) atoms. The van der Waals surface area contributed by atoms with Gasteiger partial charge in [-0.1, -0.05) is 19.1 Å². The third kappa shape index (κ3) is 4.05. The van der Waals surface area contributed by atoms with Gasteiger partial charge in [-0.15, -0.1) is 0 Å². The molecule has 0 amide bonds. The molecule has 88 valence electrons. The molecule has 1 aliphatic heterocycles. The first-order valence-electron chi connectivity index (χ1n) is 5.68. The summed E-state index contributed by atoms with van der Waals surface area (Å²) >= 11 is 5.00. The Morgan fingerprint density at radius 3 is 2.87 bits per heavy atom.